The third-order valence-electron chi connectivity index (χ3n) is 6.22. The molecule has 0 N–H and O–H groups in total. The lowest BCUT2D eigenvalue weighted by Crippen LogP contribution is -2.07. The van der Waals surface area contributed by atoms with Crippen molar-refractivity contribution in [3.63, 3.8) is 0 Å². The second-order valence-corrected chi connectivity index (χ2v) is 8.53. The van der Waals surface area contributed by atoms with Gasteiger partial charge in [-0.05, 0) is 50.1 Å². The molecule has 0 saturated carbocycles. The van der Waals surface area contributed by atoms with E-state index >= 15 is 0 Å². The summed E-state index contributed by atoms with van der Waals surface area (Å²) in [7, 11) is 0. The van der Waals surface area contributed by atoms with Crippen LogP contribution in [-0.2, 0) is 11.4 Å². The summed E-state index contributed by atoms with van der Waals surface area (Å²) in [5.74, 6) is -0.504. The van der Waals surface area contributed by atoms with Crippen molar-refractivity contribution in [3.05, 3.63) is 88.0 Å². The molecule has 180 valence electrons. The van der Waals surface area contributed by atoms with Crippen molar-refractivity contribution in [2.45, 2.75) is 52.5 Å². The summed E-state index contributed by atoms with van der Waals surface area (Å²) in [6.45, 7) is 4.95. The Morgan fingerprint density at radius 3 is 2.31 bits per heavy atom. The molecule has 1 aromatic heterocycles. The Balaban J connectivity index is 1.75. The maximum atomic E-state index is 12.5. The molecule has 3 aromatic carbocycles. The lowest BCUT2D eigenvalue weighted by atomic mass is 10.0. The molecule has 0 fully saturated rings. The highest BCUT2D eigenvalue weighted by atomic mass is 16.7. The first kappa shape index (κ1) is 24.1. The van der Waals surface area contributed by atoms with Gasteiger partial charge in [0.1, 0.15) is 0 Å². The van der Waals surface area contributed by atoms with Crippen molar-refractivity contribution in [2.24, 2.45) is 5.16 Å². The van der Waals surface area contributed by atoms with Crippen molar-refractivity contribution in [1.82, 2.24) is 4.57 Å². The number of hydrogen-bond acceptors (Lipinski definition) is 5. The fraction of sp³-hybridized carbons (Fsp3) is 0.286. The Morgan fingerprint density at radius 1 is 0.914 bits per heavy atom. The van der Waals surface area contributed by atoms with Gasteiger partial charge in [0.15, 0.2) is 0 Å². The number of hydrogen-bond donors (Lipinski definition) is 0. The van der Waals surface area contributed by atoms with Crippen molar-refractivity contribution in [1.29, 1.82) is 0 Å². The average molecular weight is 472 g/mol. The van der Waals surface area contributed by atoms with Gasteiger partial charge in [-0.2, -0.15) is 0 Å². The van der Waals surface area contributed by atoms with Crippen LogP contribution in [0.2, 0.25) is 0 Å². The maximum absolute atomic E-state index is 12.5. The number of fused-ring (bicyclic) bond motifs is 3. The summed E-state index contributed by atoms with van der Waals surface area (Å²) >= 11 is 0. The van der Waals surface area contributed by atoms with Gasteiger partial charge >= 0.3 is 5.97 Å². The topological polar surface area (TPSA) is 86.7 Å². The summed E-state index contributed by atoms with van der Waals surface area (Å²) < 4.78 is 2.14. The molecule has 4 rings (SSSR count). The molecule has 4 aromatic rings. The van der Waals surface area contributed by atoms with Gasteiger partial charge in [-0.25, -0.2) is 4.79 Å². The molecule has 0 unspecified atom stereocenters. The number of aromatic nitrogens is 1. The highest BCUT2D eigenvalue weighted by Crippen LogP contribution is 2.33. The normalized spacial score (nSPS) is 11.8. The molecule has 0 atom stereocenters. The number of nitrogens with zero attached hydrogens (tertiary/aromatic N) is 3. The van der Waals surface area contributed by atoms with Gasteiger partial charge in [0.2, 0.25) is 0 Å². The van der Waals surface area contributed by atoms with E-state index in [1.54, 1.807) is 36.4 Å². The summed E-state index contributed by atoms with van der Waals surface area (Å²) in [5.41, 5.74) is 3.98. The minimum absolute atomic E-state index is 0.0586. The molecular weight excluding hydrogens is 442 g/mol. The van der Waals surface area contributed by atoms with E-state index in [1.165, 1.54) is 6.07 Å². The number of nitro benzene ring substituents is 1. The van der Waals surface area contributed by atoms with E-state index in [-0.39, 0.29) is 10.6 Å². The second-order valence-electron chi connectivity index (χ2n) is 8.53. The Kier molecular flexibility index (Phi) is 7.55. The van der Waals surface area contributed by atoms with Crippen LogP contribution in [0.15, 0.2) is 71.9 Å². The van der Waals surface area contributed by atoms with Crippen molar-refractivity contribution >= 4 is 39.2 Å². The summed E-state index contributed by atoms with van der Waals surface area (Å²) in [6, 6.07) is 19.8. The molecule has 0 bridgehead atoms. The lowest BCUT2D eigenvalue weighted by Gasteiger charge is -2.08. The molecule has 0 amide bonds. The number of oxime groups is 1. The molecule has 0 radical (unpaired) electrons. The molecule has 7 nitrogen and oxygen atoms in total. The Bertz CT molecular complexity index is 1390. The predicted octanol–water partition coefficient (Wildman–Crippen LogP) is 7.25. The molecule has 0 spiro atoms. The molecule has 35 heavy (non-hydrogen) atoms. The predicted molar refractivity (Wildman–Crippen MR) is 139 cm³/mol. The SMILES string of the molecule is CCCCCC/C(=N\OC(=O)c1ccccc1)c1ccc2c(c1)c1cc([N+](=O)[O-])ccc1n2CC. The molecule has 0 saturated heterocycles. The number of aryl methyl sites for hydroxylation is 1. The maximum Gasteiger partial charge on any atom is 0.365 e. The van der Waals surface area contributed by atoms with Crippen molar-refractivity contribution in [3.8, 4) is 0 Å². The monoisotopic (exact) mass is 471 g/mol. The third-order valence-corrected chi connectivity index (χ3v) is 6.22. The molecule has 1 heterocycles. The van der Waals surface area contributed by atoms with Gasteiger partial charge in [-0.15, -0.1) is 0 Å². The van der Waals surface area contributed by atoms with Gasteiger partial charge in [-0.1, -0.05) is 55.6 Å². The Morgan fingerprint density at radius 2 is 1.63 bits per heavy atom. The number of unbranched alkanes of at least 4 members (excludes halogenated alkanes) is 3. The zero-order valence-electron chi connectivity index (χ0n) is 20.1. The minimum atomic E-state index is -0.504. The van der Waals surface area contributed by atoms with Crippen molar-refractivity contribution in [2.75, 3.05) is 0 Å². The zero-order valence-corrected chi connectivity index (χ0v) is 20.1. The molecule has 0 aliphatic rings. The van der Waals surface area contributed by atoms with Gasteiger partial charge < -0.3 is 9.40 Å². The Labute approximate surface area is 204 Å². The second kappa shape index (κ2) is 11.0. The van der Waals surface area contributed by atoms with Crippen LogP contribution in [0.25, 0.3) is 21.8 Å². The van der Waals surface area contributed by atoms with Gasteiger partial charge in [-0.3, -0.25) is 10.1 Å². The average Bonchev–Trinajstić information content (AvgIpc) is 3.20. The largest absolute Gasteiger partial charge is 0.365 e. The summed E-state index contributed by atoms with van der Waals surface area (Å²) in [4.78, 5) is 28.9. The summed E-state index contributed by atoms with van der Waals surface area (Å²) in [5, 5.41) is 17.4. The van der Waals surface area contributed by atoms with E-state index in [9.17, 15) is 14.9 Å². The van der Waals surface area contributed by atoms with Crippen LogP contribution in [0.4, 0.5) is 5.69 Å². The standard InChI is InChI=1S/C28H29N3O4/c1-3-5-6-10-13-25(29-35-28(32)20-11-8-7-9-12-20)21-14-16-26-23(18-21)24-19-22(31(33)34)15-17-27(24)30(26)4-2/h7-9,11-12,14-19H,3-6,10,13H2,1-2H3/b29-25+. The fourth-order valence-corrected chi connectivity index (χ4v) is 4.41. The van der Waals surface area contributed by atoms with Gasteiger partial charge in [0.05, 0.1) is 16.2 Å². The zero-order chi connectivity index (χ0) is 24.8. The van der Waals surface area contributed by atoms with E-state index in [0.717, 1.165) is 59.6 Å². The van der Waals surface area contributed by atoms with E-state index in [4.69, 9.17) is 4.84 Å². The first-order valence-electron chi connectivity index (χ1n) is 12.1. The van der Waals surface area contributed by atoms with Crippen molar-refractivity contribution < 1.29 is 14.6 Å². The molecule has 0 aliphatic heterocycles. The van der Waals surface area contributed by atoms with Gasteiger partial charge in [0, 0.05) is 46.0 Å². The van der Waals surface area contributed by atoms with Crippen LogP contribution in [0.5, 0.6) is 0 Å². The highest BCUT2D eigenvalue weighted by molar-refractivity contribution is 6.12. The minimum Gasteiger partial charge on any atom is -0.341 e. The number of benzene rings is 3. The van der Waals surface area contributed by atoms with E-state index in [1.807, 2.05) is 24.3 Å². The third kappa shape index (κ3) is 5.24. The number of rotatable bonds is 10. The van der Waals surface area contributed by atoms with Gasteiger partial charge in [0.25, 0.3) is 5.69 Å². The molecular formula is C28H29N3O4. The quantitative estimate of drug-likeness (QED) is 0.0801. The number of non-ortho nitro benzene ring substituents is 1. The Hall–Kier alpha value is -4.00. The van der Waals surface area contributed by atoms with Crippen LogP contribution >= 0.6 is 0 Å². The van der Waals surface area contributed by atoms with Crippen LogP contribution < -0.4 is 0 Å². The highest BCUT2D eigenvalue weighted by Gasteiger charge is 2.16. The van der Waals surface area contributed by atoms with E-state index < -0.39 is 5.97 Å². The molecule has 0 aliphatic carbocycles. The first-order valence-corrected chi connectivity index (χ1v) is 12.1. The summed E-state index contributed by atoms with van der Waals surface area (Å²) in [6.07, 6.45) is 4.90. The van der Waals surface area contributed by atoms with E-state index in [2.05, 4.69) is 23.6 Å². The number of carbonyl (C=O) groups is 1. The molecule has 7 heteroatoms. The van der Waals surface area contributed by atoms with Crippen LogP contribution in [0, 0.1) is 10.1 Å². The fourth-order valence-electron chi connectivity index (χ4n) is 4.41. The lowest BCUT2D eigenvalue weighted by molar-refractivity contribution is -0.384. The number of carbonyl (C=O) groups excluding carboxylic acids is 1. The van der Waals surface area contributed by atoms with Crippen LogP contribution in [-0.4, -0.2) is 21.2 Å². The smallest absolute Gasteiger partial charge is 0.341 e. The van der Waals surface area contributed by atoms with E-state index in [0.29, 0.717) is 17.7 Å². The first-order chi connectivity index (χ1) is 17.0. The van der Waals surface area contributed by atoms with Crippen LogP contribution in [0.3, 0.4) is 0 Å². The van der Waals surface area contributed by atoms with Crippen LogP contribution in [0.1, 0.15) is 61.9 Å². The number of nitro groups is 1.